The molecule has 0 amide bonds. The first-order valence-electron chi connectivity index (χ1n) is 1.14. The van der Waals surface area contributed by atoms with E-state index in [0.29, 0.717) is 0 Å². The Morgan fingerprint density at radius 1 is 2.00 bits per heavy atom. The molecule has 0 rings (SSSR count). The molecular weight excluding hydrogens is 136 g/mol. The van der Waals surface area contributed by atoms with Crippen LogP contribution in [0.4, 0.5) is 0 Å². The van der Waals surface area contributed by atoms with Crippen molar-refractivity contribution in [2.75, 3.05) is 7.11 Å². The van der Waals surface area contributed by atoms with E-state index in [0.717, 1.165) is 8.88 Å². The van der Waals surface area contributed by atoms with Crippen LogP contribution in [-0.4, -0.2) is 7.11 Å². The molecule has 0 aliphatic heterocycles. The molecule has 0 N–H and O–H groups in total. The smallest absolute Gasteiger partial charge is 0.0560 e. The van der Waals surface area contributed by atoms with Crippen molar-refractivity contribution < 1.29 is 4.18 Å². The van der Waals surface area contributed by atoms with E-state index in [9.17, 15) is 0 Å². The van der Waals surface area contributed by atoms with E-state index >= 15 is 0 Å². The summed E-state index contributed by atoms with van der Waals surface area (Å²) in [4.78, 5) is 0. The van der Waals surface area contributed by atoms with Crippen molar-refractivity contribution in [3.8, 4) is 5.69 Å². The van der Waals surface area contributed by atoms with Crippen LogP contribution in [0, 0.1) is 5.69 Å². The summed E-state index contributed by atoms with van der Waals surface area (Å²) in [5, 5.41) is 0. The molecule has 6 heavy (non-hydrogen) atoms. The Bertz CT molecular complexity index is 158. The zero-order chi connectivity index (χ0) is 4.99. The van der Waals surface area contributed by atoms with Gasteiger partial charge >= 0.3 is 0 Å². The van der Waals surface area contributed by atoms with Crippen LogP contribution in [0.25, 0.3) is 0 Å². The van der Waals surface area contributed by atoms with Gasteiger partial charge in [-0.2, -0.15) is 0 Å². The first-order chi connectivity index (χ1) is 2.81. The molecular formula is C2H4OS3. The van der Waals surface area contributed by atoms with Gasteiger partial charge in [-0.15, -0.1) is 0 Å². The lowest BCUT2D eigenvalue weighted by molar-refractivity contribution is 0.493. The van der Waals surface area contributed by atoms with Gasteiger partial charge in [-0.25, -0.2) is 0 Å². The Labute approximate surface area is 46.5 Å². The van der Waals surface area contributed by atoms with Crippen LogP contribution in [0.3, 0.4) is 0 Å². The second-order valence-electron chi connectivity index (χ2n) is 0.495. The van der Waals surface area contributed by atoms with Crippen LogP contribution in [0.1, 0.15) is 0 Å². The van der Waals surface area contributed by atoms with Gasteiger partial charge < -0.3 is 0 Å². The van der Waals surface area contributed by atoms with Crippen LogP contribution in [0.15, 0.2) is 0 Å². The molecule has 4 heteroatoms. The molecule has 0 unspecified atom stereocenters. The average molecular weight is 140 g/mol. The maximum absolute atomic E-state index is 5.14. The van der Waals surface area contributed by atoms with Crippen molar-refractivity contribution in [3.63, 3.8) is 0 Å². The predicted molar refractivity (Wildman–Crippen MR) is 34.0 cm³/mol. The minimum absolute atomic E-state index is 0.552. The summed E-state index contributed by atoms with van der Waals surface area (Å²) in [5.74, 6) is 0. The van der Waals surface area contributed by atoms with Crippen molar-refractivity contribution in [2.24, 2.45) is 0 Å². The van der Waals surface area contributed by atoms with E-state index in [-0.39, 0.29) is 0 Å². The van der Waals surface area contributed by atoms with Gasteiger partial charge in [0.05, 0.1) is 7.11 Å². The zero-order valence-electron chi connectivity index (χ0n) is 3.21. The fourth-order valence-corrected chi connectivity index (χ4v) is 0.750. The Hall–Kier alpha value is 0.400. The van der Waals surface area contributed by atoms with E-state index in [1.165, 1.54) is 7.11 Å². The monoisotopic (exact) mass is 140 g/mol. The first kappa shape index (κ1) is 6.40. The van der Waals surface area contributed by atoms with Gasteiger partial charge in [-0.05, 0) is 0 Å². The van der Waals surface area contributed by atoms with Crippen LogP contribution in [-0.2, 0) is 33.4 Å². The molecule has 0 aliphatic carbocycles. The molecule has 0 heterocycles. The molecule has 0 aromatic carbocycles. The van der Waals surface area contributed by atoms with Crippen LogP contribution in [0.5, 0.6) is 0 Å². The van der Waals surface area contributed by atoms with Gasteiger partial charge in [-0.1, -0.05) is 5.69 Å². The number of rotatable bonds is 0. The van der Waals surface area contributed by atoms with Crippen LogP contribution in [0.2, 0.25) is 0 Å². The van der Waals surface area contributed by atoms with E-state index in [1.54, 1.807) is 0 Å². The highest BCUT2D eigenvalue weighted by Gasteiger charge is 1.53. The fourth-order valence-electron chi connectivity index (χ4n) is 0.0278. The maximum atomic E-state index is 5.14. The molecule has 0 aromatic heterocycles. The summed E-state index contributed by atoms with van der Waals surface area (Å²) < 4.78 is 4.56. The summed E-state index contributed by atoms with van der Waals surface area (Å²) >= 11 is 4.45. The molecule has 0 spiro atoms. The SMILES string of the molecule is C#S(OC)=S=S. The van der Waals surface area contributed by atoms with E-state index < -0.39 is 9.14 Å². The van der Waals surface area contributed by atoms with Gasteiger partial charge in [0.15, 0.2) is 0 Å². The average Bonchev–Trinajstić information content (AvgIpc) is 1.65. The van der Waals surface area contributed by atoms with Crippen LogP contribution >= 0.6 is 0 Å². The third-order valence-corrected chi connectivity index (χ3v) is 2.71. The molecule has 0 aromatic rings. The first-order valence-corrected chi connectivity index (χ1v) is 4.62. The largest absolute Gasteiger partial charge is 0.290 e. The molecule has 0 saturated carbocycles. The summed E-state index contributed by atoms with van der Waals surface area (Å²) in [7, 11) is 2.07. The van der Waals surface area contributed by atoms with Crippen molar-refractivity contribution in [1.82, 2.24) is 0 Å². The Morgan fingerprint density at radius 2 is 2.50 bits per heavy atom. The fraction of sp³-hybridized carbons (Fsp3) is 0.500. The third-order valence-electron chi connectivity index (χ3n) is 0.231. The van der Waals surface area contributed by atoms with Crippen molar-refractivity contribution in [2.45, 2.75) is 0 Å². The zero-order valence-corrected chi connectivity index (χ0v) is 5.66. The van der Waals surface area contributed by atoms with E-state index in [4.69, 9.17) is 5.69 Å². The molecule has 0 radical (unpaired) electrons. The van der Waals surface area contributed by atoms with Gasteiger partial charge in [0.1, 0.15) is 0 Å². The van der Waals surface area contributed by atoms with Crippen molar-refractivity contribution in [1.29, 1.82) is 0 Å². The minimum Gasteiger partial charge on any atom is -0.290 e. The number of hydrogen-bond donors (Lipinski definition) is 0. The molecule has 0 aliphatic rings. The standard InChI is InChI=1S/C2H4OS3/c1-3-6(2)5-4/h2H,1H3. The third kappa shape index (κ3) is 2.63. The van der Waals surface area contributed by atoms with Crippen molar-refractivity contribution in [3.05, 3.63) is 0 Å². The lowest BCUT2D eigenvalue weighted by Gasteiger charge is -1.71. The van der Waals surface area contributed by atoms with Crippen LogP contribution < -0.4 is 0 Å². The summed E-state index contributed by atoms with van der Waals surface area (Å²) in [6, 6.07) is 0. The Kier molecular flexibility index (Phi) is 3.82. The lowest BCUT2D eigenvalue weighted by atomic mass is 11.8. The topological polar surface area (TPSA) is 9.23 Å². The van der Waals surface area contributed by atoms with Gasteiger partial charge in [-0.3, -0.25) is 4.18 Å². The summed E-state index contributed by atoms with van der Waals surface area (Å²) in [5.41, 5.74) is 5.14. The second kappa shape index (κ2) is 3.59. The molecule has 1 nitrogen and oxygen atoms in total. The van der Waals surface area contributed by atoms with Gasteiger partial charge in [0.25, 0.3) is 0 Å². The number of hydrogen-bond acceptors (Lipinski definition) is 2. The lowest BCUT2D eigenvalue weighted by Crippen LogP contribution is -1.66. The summed E-state index contributed by atoms with van der Waals surface area (Å²) in [6.07, 6.45) is 0. The predicted octanol–water partition coefficient (Wildman–Crippen LogP) is 0.215. The highest BCUT2D eigenvalue weighted by atomic mass is 33.1. The Morgan fingerprint density at radius 3 is 2.50 bits per heavy atom. The highest BCUT2D eigenvalue weighted by Crippen LogP contribution is 1.56. The molecule has 36 valence electrons. The second-order valence-corrected chi connectivity index (χ2v) is 4.10. The summed E-state index contributed by atoms with van der Waals surface area (Å²) in [6.45, 7) is 0. The molecule has 0 bridgehead atoms. The quantitative estimate of drug-likeness (QED) is 0.476. The van der Waals surface area contributed by atoms with E-state index in [2.05, 4.69) is 15.4 Å². The minimum atomic E-state index is -0.552. The molecule has 0 atom stereocenters. The van der Waals surface area contributed by atoms with Crippen molar-refractivity contribution >= 4 is 29.2 Å². The van der Waals surface area contributed by atoms with Gasteiger partial charge in [0.2, 0.25) is 0 Å². The highest BCUT2D eigenvalue weighted by molar-refractivity contribution is 8.43. The Balaban J connectivity index is 4.05. The van der Waals surface area contributed by atoms with Gasteiger partial charge in [0, 0.05) is 29.2 Å². The van der Waals surface area contributed by atoms with E-state index in [1.807, 2.05) is 0 Å². The molecule has 0 fully saturated rings. The molecule has 0 saturated heterocycles. The maximum Gasteiger partial charge on any atom is 0.0560 e. The normalized spacial score (nSPS) is 7.33.